The van der Waals surface area contributed by atoms with Crippen LogP contribution in [0.15, 0.2) is 0 Å². The lowest BCUT2D eigenvalue weighted by Gasteiger charge is -2.22. The molecule has 0 aromatic heterocycles. The normalized spacial score (nSPS) is 31.0. The number of β-amino-alcohol motifs (C(OH)–C–C–N with tert-alkyl or cyclic N) is 1. The zero-order chi connectivity index (χ0) is 9.19. The molecular weight excluding hydrogens is 154 g/mol. The van der Waals surface area contributed by atoms with E-state index in [0.29, 0.717) is 13.2 Å². The summed E-state index contributed by atoms with van der Waals surface area (Å²) in [6.45, 7) is 8.52. The minimum absolute atomic E-state index is 0.00998. The molecule has 3 heteroatoms. The van der Waals surface area contributed by atoms with Gasteiger partial charge in [-0.05, 0) is 5.41 Å². The third kappa shape index (κ3) is 3.09. The van der Waals surface area contributed by atoms with Crippen LogP contribution in [0.1, 0.15) is 20.8 Å². The van der Waals surface area contributed by atoms with E-state index in [2.05, 4.69) is 26.1 Å². The van der Waals surface area contributed by atoms with Gasteiger partial charge in [0, 0.05) is 13.1 Å². The minimum Gasteiger partial charge on any atom is -0.389 e. The van der Waals surface area contributed by atoms with E-state index in [1.54, 1.807) is 0 Å². The zero-order valence-corrected chi connectivity index (χ0v) is 8.13. The Balaban J connectivity index is 2.23. The molecule has 0 amide bonds. The molecule has 2 N–H and O–H groups in total. The molecule has 1 aliphatic heterocycles. The van der Waals surface area contributed by atoms with Gasteiger partial charge in [-0.25, -0.2) is 0 Å². The number of rotatable bonds is 2. The van der Waals surface area contributed by atoms with Gasteiger partial charge in [0.25, 0.3) is 0 Å². The summed E-state index contributed by atoms with van der Waals surface area (Å²) in [7, 11) is 0. The number of ether oxygens (including phenoxy) is 1. The molecule has 0 spiro atoms. The molecular formula is C9H19NO2. The van der Waals surface area contributed by atoms with Crippen molar-refractivity contribution in [1.29, 1.82) is 0 Å². The third-order valence-electron chi connectivity index (χ3n) is 1.86. The molecule has 0 bridgehead atoms. The Hall–Kier alpha value is -0.120. The van der Waals surface area contributed by atoms with E-state index in [4.69, 9.17) is 4.74 Å². The van der Waals surface area contributed by atoms with Gasteiger partial charge in [0.1, 0.15) is 0 Å². The maximum atomic E-state index is 9.40. The van der Waals surface area contributed by atoms with E-state index in [-0.39, 0.29) is 17.6 Å². The van der Waals surface area contributed by atoms with Gasteiger partial charge in [-0.1, -0.05) is 20.8 Å². The molecule has 3 nitrogen and oxygen atoms in total. The van der Waals surface area contributed by atoms with Crippen LogP contribution in [-0.4, -0.2) is 37.0 Å². The molecule has 1 heterocycles. The van der Waals surface area contributed by atoms with Gasteiger partial charge in [-0.3, -0.25) is 0 Å². The van der Waals surface area contributed by atoms with Crippen LogP contribution in [0.4, 0.5) is 0 Å². The largest absolute Gasteiger partial charge is 0.389 e. The highest BCUT2D eigenvalue weighted by Crippen LogP contribution is 2.16. The topological polar surface area (TPSA) is 41.5 Å². The zero-order valence-electron chi connectivity index (χ0n) is 8.13. The molecule has 72 valence electrons. The Morgan fingerprint density at radius 2 is 2.08 bits per heavy atom. The van der Waals surface area contributed by atoms with E-state index in [1.165, 1.54) is 0 Å². The van der Waals surface area contributed by atoms with Crippen LogP contribution in [0.2, 0.25) is 0 Å². The van der Waals surface area contributed by atoms with Crippen molar-refractivity contribution in [2.45, 2.75) is 33.0 Å². The number of aliphatic hydroxyl groups is 1. The van der Waals surface area contributed by atoms with Crippen molar-refractivity contribution in [1.82, 2.24) is 5.32 Å². The van der Waals surface area contributed by atoms with Crippen molar-refractivity contribution >= 4 is 0 Å². The SMILES string of the molecule is CC(C)(C)CO[C@H]1CNCC1O. The fourth-order valence-corrected chi connectivity index (χ4v) is 1.17. The van der Waals surface area contributed by atoms with Crippen LogP contribution < -0.4 is 5.32 Å². The quantitative estimate of drug-likeness (QED) is 0.634. The summed E-state index contributed by atoms with van der Waals surface area (Å²) in [5.41, 5.74) is 0.183. The van der Waals surface area contributed by atoms with E-state index < -0.39 is 0 Å². The maximum absolute atomic E-state index is 9.40. The number of hydrogen-bond acceptors (Lipinski definition) is 3. The molecule has 0 aromatic rings. The van der Waals surface area contributed by atoms with Crippen LogP contribution in [-0.2, 0) is 4.74 Å². The summed E-state index contributed by atoms with van der Waals surface area (Å²) in [4.78, 5) is 0. The number of hydrogen-bond donors (Lipinski definition) is 2. The minimum atomic E-state index is -0.327. The molecule has 12 heavy (non-hydrogen) atoms. The van der Waals surface area contributed by atoms with Crippen molar-refractivity contribution in [2.75, 3.05) is 19.7 Å². The second-order valence-electron chi connectivity index (χ2n) is 4.64. The van der Waals surface area contributed by atoms with Crippen LogP contribution in [0.25, 0.3) is 0 Å². The van der Waals surface area contributed by atoms with E-state index in [9.17, 15) is 5.11 Å². The Morgan fingerprint density at radius 3 is 2.50 bits per heavy atom. The summed E-state index contributed by atoms with van der Waals surface area (Å²) < 4.78 is 5.57. The van der Waals surface area contributed by atoms with Crippen molar-refractivity contribution in [3.8, 4) is 0 Å². The first kappa shape index (κ1) is 9.96. The lowest BCUT2D eigenvalue weighted by molar-refractivity contribution is -0.0352. The van der Waals surface area contributed by atoms with Gasteiger partial charge < -0.3 is 15.2 Å². The summed E-state index contributed by atoms with van der Waals surface area (Å²) >= 11 is 0. The lowest BCUT2D eigenvalue weighted by atomic mass is 9.98. The molecule has 0 aliphatic carbocycles. The third-order valence-corrected chi connectivity index (χ3v) is 1.86. The Labute approximate surface area is 74.1 Å². The molecule has 0 saturated carbocycles. The Bertz CT molecular complexity index is 142. The second kappa shape index (κ2) is 3.73. The summed E-state index contributed by atoms with van der Waals surface area (Å²) in [6, 6.07) is 0. The van der Waals surface area contributed by atoms with Crippen molar-refractivity contribution in [3.05, 3.63) is 0 Å². The average Bonchev–Trinajstić information content (AvgIpc) is 2.29. The molecule has 0 radical (unpaired) electrons. The second-order valence-corrected chi connectivity index (χ2v) is 4.64. The summed E-state index contributed by atoms with van der Waals surface area (Å²) in [6.07, 6.45) is -0.337. The highest BCUT2D eigenvalue weighted by molar-refractivity contribution is 4.81. The average molecular weight is 173 g/mol. The smallest absolute Gasteiger partial charge is 0.0970 e. The van der Waals surface area contributed by atoms with Gasteiger partial charge in [-0.15, -0.1) is 0 Å². The fraction of sp³-hybridized carbons (Fsp3) is 1.00. The number of nitrogens with one attached hydrogen (secondary N) is 1. The van der Waals surface area contributed by atoms with Gasteiger partial charge in [0.05, 0.1) is 18.8 Å². The summed E-state index contributed by atoms with van der Waals surface area (Å²) in [5, 5.41) is 12.5. The first-order chi connectivity index (χ1) is 5.49. The van der Waals surface area contributed by atoms with Crippen LogP contribution in [0.3, 0.4) is 0 Å². The molecule has 1 fully saturated rings. The van der Waals surface area contributed by atoms with Crippen molar-refractivity contribution in [3.63, 3.8) is 0 Å². The van der Waals surface area contributed by atoms with Gasteiger partial charge in [0.15, 0.2) is 0 Å². The molecule has 1 unspecified atom stereocenters. The van der Waals surface area contributed by atoms with Gasteiger partial charge in [0.2, 0.25) is 0 Å². The standard InChI is InChI=1S/C9H19NO2/c1-9(2,3)6-12-8-5-10-4-7(8)11/h7-8,10-11H,4-6H2,1-3H3/t7?,8-/m0/s1. The highest BCUT2D eigenvalue weighted by Gasteiger charge is 2.26. The molecule has 1 saturated heterocycles. The van der Waals surface area contributed by atoms with Gasteiger partial charge >= 0.3 is 0 Å². The monoisotopic (exact) mass is 173 g/mol. The predicted octanol–water partition coefficient (Wildman–Crippen LogP) is 0.382. The van der Waals surface area contributed by atoms with Crippen LogP contribution in [0, 0.1) is 5.41 Å². The highest BCUT2D eigenvalue weighted by atomic mass is 16.5. The first-order valence-electron chi connectivity index (χ1n) is 4.49. The van der Waals surface area contributed by atoms with Crippen LogP contribution in [0.5, 0.6) is 0 Å². The fourth-order valence-electron chi connectivity index (χ4n) is 1.17. The predicted molar refractivity (Wildman–Crippen MR) is 48.1 cm³/mol. The lowest BCUT2D eigenvalue weighted by Crippen LogP contribution is -2.30. The van der Waals surface area contributed by atoms with Crippen LogP contribution >= 0.6 is 0 Å². The maximum Gasteiger partial charge on any atom is 0.0970 e. The number of aliphatic hydroxyl groups excluding tert-OH is 1. The van der Waals surface area contributed by atoms with Crippen molar-refractivity contribution in [2.24, 2.45) is 5.41 Å². The summed E-state index contributed by atoms with van der Waals surface area (Å²) in [5.74, 6) is 0. The van der Waals surface area contributed by atoms with Gasteiger partial charge in [-0.2, -0.15) is 0 Å². The van der Waals surface area contributed by atoms with E-state index in [1.807, 2.05) is 0 Å². The molecule has 2 atom stereocenters. The van der Waals surface area contributed by atoms with Crippen molar-refractivity contribution < 1.29 is 9.84 Å². The first-order valence-corrected chi connectivity index (χ1v) is 4.49. The molecule has 1 aliphatic rings. The Kier molecular flexibility index (Phi) is 3.09. The molecule has 0 aromatic carbocycles. The van der Waals surface area contributed by atoms with E-state index in [0.717, 1.165) is 6.54 Å². The Morgan fingerprint density at radius 1 is 1.42 bits per heavy atom. The molecule has 1 rings (SSSR count). The van der Waals surface area contributed by atoms with E-state index >= 15 is 0 Å².